The third-order valence-corrected chi connectivity index (χ3v) is 3.89. The van der Waals surface area contributed by atoms with Gasteiger partial charge < -0.3 is 5.32 Å². The highest BCUT2D eigenvalue weighted by molar-refractivity contribution is 9.10. The third-order valence-electron chi connectivity index (χ3n) is 2.80. The number of halogens is 2. The van der Waals surface area contributed by atoms with Gasteiger partial charge in [0.25, 0.3) is 0 Å². The molecular weight excluding hydrogens is 302 g/mol. The lowest BCUT2D eigenvalue weighted by atomic mass is 10.2. The Morgan fingerprint density at radius 2 is 2.12 bits per heavy atom. The fourth-order valence-corrected chi connectivity index (χ4v) is 2.88. The molecule has 0 spiro atoms. The molecule has 0 saturated heterocycles. The van der Waals surface area contributed by atoms with E-state index in [-0.39, 0.29) is 5.38 Å². The van der Waals surface area contributed by atoms with Gasteiger partial charge in [0, 0.05) is 25.0 Å². The number of nitrogens with zero attached hydrogens (tertiary/aromatic N) is 2. The smallest absolute Gasteiger partial charge is 0.0767 e. The maximum Gasteiger partial charge on any atom is 0.0767 e. The number of hydrogen-bond acceptors (Lipinski definition) is 2. The van der Waals surface area contributed by atoms with Gasteiger partial charge in [-0.15, -0.1) is 11.6 Å². The molecule has 1 aromatic heterocycles. The first-order valence-corrected chi connectivity index (χ1v) is 7.26. The summed E-state index contributed by atoms with van der Waals surface area (Å²) >= 11 is 9.59. The van der Waals surface area contributed by atoms with E-state index in [1.165, 1.54) is 5.69 Å². The Kier molecular flexibility index (Phi) is 5.97. The monoisotopic (exact) mass is 321 g/mol. The van der Waals surface area contributed by atoms with Crippen molar-refractivity contribution in [1.29, 1.82) is 0 Å². The number of aryl methyl sites for hydroxylation is 2. The summed E-state index contributed by atoms with van der Waals surface area (Å²) < 4.78 is 3.06. The van der Waals surface area contributed by atoms with E-state index in [4.69, 9.17) is 11.6 Å². The predicted octanol–water partition coefficient (Wildman–Crippen LogP) is 3.24. The van der Waals surface area contributed by atoms with Crippen molar-refractivity contribution in [3.05, 3.63) is 15.9 Å². The van der Waals surface area contributed by atoms with Crippen LogP contribution in [0.2, 0.25) is 0 Å². The Hall–Kier alpha value is -0.0600. The van der Waals surface area contributed by atoms with Gasteiger partial charge in [-0.05, 0) is 42.6 Å². The molecule has 1 heterocycles. The minimum Gasteiger partial charge on any atom is -0.309 e. The highest BCUT2D eigenvalue weighted by Crippen LogP contribution is 2.21. The quantitative estimate of drug-likeness (QED) is 0.815. The average Bonchev–Trinajstić information content (AvgIpc) is 2.50. The SMILES string of the molecule is CCc1nn(C)c(CNC(C)CC(C)Cl)c1Br. The van der Waals surface area contributed by atoms with Crippen LogP contribution in [-0.4, -0.2) is 21.2 Å². The first-order valence-electron chi connectivity index (χ1n) is 6.03. The van der Waals surface area contributed by atoms with Crippen LogP contribution in [0.3, 0.4) is 0 Å². The molecule has 2 atom stereocenters. The van der Waals surface area contributed by atoms with E-state index in [0.29, 0.717) is 6.04 Å². The van der Waals surface area contributed by atoms with Crippen LogP contribution in [0.1, 0.15) is 38.6 Å². The predicted molar refractivity (Wildman–Crippen MR) is 76.5 cm³/mol. The molecule has 3 nitrogen and oxygen atoms in total. The van der Waals surface area contributed by atoms with Gasteiger partial charge in [-0.25, -0.2) is 0 Å². The molecule has 1 N–H and O–H groups in total. The molecule has 2 unspecified atom stereocenters. The van der Waals surface area contributed by atoms with Crippen LogP contribution in [0.5, 0.6) is 0 Å². The van der Waals surface area contributed by atoms with Crippen LogP contribution in [0.25, 0.3) is 0 Å². The molecule has 0 radical (unpaired) electrons. The van der Waals surface area contributed by atoms with E-state index in [9.17, 15) is 0 Å². The zero-order valence-electron chi connectivity index (χ0n) is 10.9. The van der Waals surface area contributed by atoms with Crippen LogP contribution in [-0.2, 0) is 20.0 Å². The van der Waals surface area contributed by atoms with E-state index in [2.05, 4.69) is 40.2 Å². The first-order chi connectivity index (χ1) is 7.95. The summed E-state index contributed by atoms with van der Waals surface area (Å²) in [5.74, 6) is 0. The molecule has 17 heavy (non-hydrogen) atoms. The number of rotatable bonds is 6. The van der Waals surface area contributed by atoms with E-state index >= 15 is 0 Å². The zero-order chi connectivity index (χ0) is 13.0. The molecule has 0 aliphatic rings. The second-order valence-electron chi connectivity index (χ2n) is 4.48. The largest absolute Gasteiger partial charge is 0.309 e. The second-order valence-corrected chi connectivity index (χ2v) is 6.02. The summed E-state index contributed by atoms with van der Waals surface area (Å²) in [5.41, 5.74) is 2.30. The third kappa shape index (κ3) is 4.27. The van der Waals surface area contributed by atoms with Gasteiger partial charge in [-0.2, -0.15) is 5.10 Å². The summed E-state index contributed by atoms with van der Waals surface area (Å²) in [5, 5.41) is 8.15. The molecule has 0 saturated carbocycles. The normalized spacial score (nSPS) is 14.9. The Bertz CT molecular complexity index is 363. The van der Waals surface area contributed by atoms with E-state index in [1.807, 2.05) is 18.7 Å². The van der Waals surface area contributed by atoms with Crippen molar-refractivity contribution in [2.45, 2.75) is 51.6 Å². The standard InChI is InChI=1S/C12H21BrClN3/c1-5-10-12(13)11(17(4)16-10)7-15-9(3)6-8(2)14/h8-9,15H,5-7H2,1-4H3. The Balaban J connectivity index is 2.60. The van der Waals surface area contributed by atoms with Crippen LogP contribution in [0.4, 0.5) is 0 Å². The van der Waals surface area contributed by atoms with Crippen molar-refractivity contribution in [3.63, 3.8) is 0 Å². The van der Waals surface area contributed by atoms with Gasteiger partial charge in [-0.1, -0.05) is 6.92 Å². The molecule has 0 fully saturated rings. The highest BCUT2D eigenvalue weighted by atomic mass is 79.9. The summed E-state index contributed by atoms with van der Waals surface area (Å²) in [7, 11) is 1.98. The van der Waals surface area contributed by atoms with Crippen LogP contribution in [0.15, 0.2) is 4.47 Å². The number of nitrogens with one attached hydrogen (secondary N) is 1. The van der Waals surface area contributed by atoms with Crippen molar-refractivity contribution >= 4 is 27.5 Å². The Labute approximate surface area is 117 Å². The molecule has 0 bridgehead atoms. The first kappa shape index (κ1) is 15.0. The molecule has 1 aromatic rings. The topological polar surface area (TPSA) is 29.9 Å². The minimum atomic E-state index is 0.207. The fourth-order valence-electron chi connectivity index (χ4n) is 1.85. The van der Waals surface area contributed by atoms with Crippen molar-refractivity contribution in [1.82, 2.24) is 15.1 Å². The Morgan fingerprint density at radius 3 is 2.59 bits per heavy atom. The van der Waals surface area contributed by atoms with Gasteiger partial charge in [-0.3, -0.25) is 4.68 Å². The molecule has 1 rings (SSSR count). The maximum atomic E-state index is 5.98. The lowest BCUT2D eigenvalue weighted by Crippen LogP contribution is -2.28. The van der Waals surface area contributed by atoms with Crippen molar-refractivity contribution in [3.8, 4) is 0 Å². The van der Waals surface area contributed by atoms with E-state index in [1.54, 1.807) is 0 Å². The summed E-state index contributed by atoms with van der Waals surface area (Å²) in [6, 6.07) is 0.411. The fraction of sp³-hybridized carbons (Fsp3) is 0.750. The summed E-state index contributed by atoms with van der Waals surface area (Å²) in [6.45, 7) is 7.11. The molecule has 0 amide bonds. The lowest BCUT2D eigenvalue weighted by Gasteiger charge is -2.15. The molecule has 0 aliphatic heterocycles. The molecule has 0 aliphatic carbocycles. The van der Waals surface area contributed by atoms with Gasteiger partial charge in [0.05, 0.1) is 15.9 Å². The highest BCUT2D eigenvalue weighted by Gasteiger charge is 2.13. The van der Waals surface area contributed by atoms with Gasteiger partial charge >= 0.3 is 0 Å². The summed E-state index contributed by atoms with van der Waals surface area (Å²) in [6.07, 6.45) is 1.92. The molecule has 0 aromatic carbocycles. The molecular formula is C12H21BrClN3. The van der Waals surface area contributed by atoms with Crippen LogP contribution in [0, 0.1) is 0 Å². The van der Waals surface area contributed by atoms with E-state index < -0.39 is 0 Å². The number of aromatic nitrogens is 2. The molecule has 98 valence electrons. The zero-order valence-corrected chi connectivity index (χ0v) is 13.3. The van der Waals surface area contributed by atoms with Gasteiger partial charge in [0.2, 0.25) is 0 Å². The van der Waals surface area contributed by atoms with Crippen LogP contribution < -0.4 is 5.32 Å². The van der Waals surface area contributed by atoms with Crippen molar-refractivity contribution in [2.24, 2.45) is 7.05 Å². The number of hydrogen-bond donors (Lipinski definition) is 1. The van der Waals surface area contributed by atoms with Crippen molar-refractivity contribution < 1.29 is 0 Å². The molecule has 5 heteroatoms. The second kappa shape index (κ2) is 6.76. The van der Waals surface area contributed by atoms with Gasteiger partial charge in [0.15, 0.2) is 0 Å². The Morgan fingerprint density at radius 1 is 1.47 bits per heavy atom. The van der Waals surface area contributed by atoms with Crippen molar-refractivity contribution in [2.75, 3.05) is 0 Å². The average molecular weight is 323 g/mol. The number of alkyl halides is 1. The van der Waals surface area contributed by atoms with Gasteiger partial charge in [0.1, 0.15) is 0 Å². The van der Waals surface area contributed by atoms with Crippen LogP contribution >= 0.6 is 27.5 Å². The maximum absolute atomic E-state index is 5.98. The minimum absolute atomic E-state index is 0.207. The lowest BCUT2D eigenvalue weighted by molar-refractivity contribution is 0.496. The summed E-state index contributed by atoms with van der Waals surface area (Å²) in [4.78, 5) is 0. The van der Waals surface area contributed by atoms with E-state index in [0.717, 1.165) is 29.6 Å².